The zero-order valence-electron chi connectivity index (χ0n) is 8.52. The molecule has 0 saturated heterocycles. The van der Waals surface area contributed by atoms with E-state index in [2.05, 4.69) is 0 Å². The van der Waals surface area contributed by atoms with E-state index in [4.69, 9.17) is 5.73 Å². The molecule has 0 bridgehead atoms. The van der Waals surface area contributed by atoms with Gasteiger partial charge in [-0.05, 0) is 30.9 Å². The molecule has 0 unspecified atom stereocenters. The van der Waals surface area contributed by atoms with E-state index >= 15 is 0 Å². The second kappa shape index (κ2) is 3.35. The first-order chi connectivity index (χ1) is 6.69. The molecule has 2 rings (SSSR count). The first-order valence-corrected chi connectivity index (χ1v) is 5.15. The molecule has 14 heavy (non-hydrogen) atoms. The molecule has 1 nitrogen and oxygen atoms in total. The van der Waals surface area contributed by atoms with Crippen LogP contribution >= 0.6 is 0 Å². The van der Waals surface area contributed by atoms with Crippen molar-refractivity contribution in [1.29, 1.82) is 0 Å². The zero-order chi connectivity index (χ0) is 10.2. The molecule has 0 aromatic heterocycles. The van der Waals surface area contributed by atoms with Gasteiger partial charge in [-0.1, -0.05) is 24.6 Å². The van der Waals surface area contributed by atoms with Crippen molar-refractivity contribution in [1.82, 2.24) is 0 Å². The average Bonchev–Trinajstić information content (AvgIpc) is 2.11. The van der Waals surface area contributed by atoms with Gasteiger partial charge in [0.15, 0.2) is 0 Å². The molecule has 2 heteroatoms. The van der Waals surface area contributed by atoms with Crippen LogP contribution in [0.4, 0.5) is 4.39 Å². The number of rotatable bonds is 2. The Morgan fingerprint density at radius 2 is 2.14 bits per heavy atom. The lowest BCUT2D eigenvalue weighted by molar-refractivity contribution is 0.244. The summed E-state index contributed by atoms with van der Waals surface area (Å²) in [7, 11) is 0. The number of benzene rings is 1. The van der Waals surface area contributed by atoms with Crippen molar-refractivity contribution in [3.8, 4) is 0 Å². The second-order valence-electron chi connectivity index (χ2n) is 4.27. The van der Waals surface area contributed by atoms with Crippen molar-refractivity contribution in [2.45, 2.75) is 31.6 Å². The van der Waals surface area contributed by atoms with E-state index in [0.717, 1.165) is 24.0 Å². The van der Waals surface area contributed by atoms with Crippen LogP contribution in [0.3, 0.4) is 0 Å². The maximum absolute atomic E-state index is 13.8. The quantitative estimate of drug-likeness (QED) is 0.767. The smallest absolute Gasteiger partial charge is 0.129 e. The van der Waals surface area contributed by atoms with Crippen molar-refractivity contribution in [3.63, 3.8) is 0 Å². The van der Waals surface area contributed by atoms with Gasteiger partial charge in [-0.3, -0.25) is 0 Å². The van der Waals surface area contributed by atoms with Gasteiger partial charge in [0.2, 0.25) is 0 Å². The summed E-state index contributed by atoms with van der Waals surface area (Å²) in [4.78, 5) is 0. The highest BCUT2D eigenvalue weighted by Crippen LogP contribution is 2.44. The van der Waals surface area contributed by atoms with Crippen LogP contribution in [-0.4, -0.2) is 6.54 Å². The van der Waals surface area contributed by atoms with Crippen molar-refractivity contribution < 1.29 is 4.39 Å². The molecule has 0 amide bonds. The summed E-state index contributed by atoms with van der Waals surface area (Å²) < 4.78 is 13.8. The number of hydrogen-bond acceptors (Lipinski definition) is 1. The molecule has 1 saturated carbocycles. The van der Waals surface area contributed by atoms with Crippen LogP contribution in [0.15, 0.2) is 18.2 Å². The summed E-state index contributed by atoms with van der Waals surface area (Å²) >= 11 is 0. The third-order valence-electron chi connectivity index (χ3n) is 3.46. The molecule has 0 spiro atoms. The summed E-state index contributed by atoms with van der Waals surface area (Å²) in [6.07, 6.45) is 3.23. The van der Waals surface area contributed by atoms with Gasteiger partial charge in [-0.2, -0.15) is 0 Å². The van der Waals surface area contributed by atoms with E-state index in [9.17, 15) is 4.39 Å². The van der Waals surface area contributed by atoms with E-state index in [1.165, 1.54) is 6.42 Å². The van der Waals surface area contributed by atoms with E-state index in [0.29, 0.717) is 6.54 Å². The van der Waals surface area contributed by atoms with Gasteiger partial charge in [-0.15, -0.1) is 0 Å². The molecule has 1 aliphatic rings. The van der Waals surface area contributed by atoms with Crippen molar-refractivity contribution in [2.24, 2.45) is 5.73 Å². The molecular formula is C12H16FN. The van der Waals surface area contributed by atoms with Gasteiger partial charge >= 0.3 is 0 Å². The van der Waals surface area contributed by atoms with E-state index in [1.807, 2.05) is 25.1 Å². The van der Waals surface area contributed by atoms with Gasteiger partial charge in [0, 0.05) is 12.0 Å². The molecule has 0 aliphatic heterocycles. The number of hydrogen-bond donors (Lipinski definition) is 1. The minimum absolute atomic E-state index is 0.0577. The van der Waals surface area contributed by atoms with Crippen LogP contribution in [0.2, 0.25) is 0 Å². The van der Waals surface area contributed by atoms with Gasteiger partial charge in [-0.25, -0.2) is 4.39 Å². The topological polar surface area (TPSA) is 26.0 Å². The lowest BCUT2D eigenvalue weighted by Crippen LogP contribution is -2.42. The lowest BCUT2D eigenvalue weighted by Gasteiger charge is -2.41. The third-order valence-corrected chi connectivity index (χ3v) is 3.46. The summed E-state index contributed by atoms with van der Waals surface area (Å²) in [6.45, 7) is 2.37. The molecule has 0 radical (unpaired) electrons. The van der Waals surface area contributed by atoms with E-state index in [1.54, 1.807) is 0 Å². The Morgan fingerprint density at radius 1 is 1.43 bits per heavy atom. The first kappa shape index (κ1) is 9.66. The molecule has 1 aliphatic carbocycles. The molecule has 0 atom stereocenters. The van der Waals surface area contributed by atoms with Crippen LogP contribution in [0.25, 0.3) is 0 Å². The predicted molar refractivity (Wildman–Crippen MR) is 55.7 cm³/mol. The molecule has 1 aromatic carbocycles. The lowest BCUT2D eigenvalue weighted by atomic mass is 9.64. The minimum Gasteiger partial charge on any atom is -0.330 e. The molecule has 76 valence electrons. The molecular weight excluding hydrogens is 177 g/mol. The van der Waals surface area contributed by atoms with Crippen LogP contribution < -0.4 is 5.73 Å². The van der Waals surface area contributed by atoms with Crippen LogP contribution in [0.5, 0.6) is 0 Å². The maximum atomic E-state index is 13.8. The van der Waals surface area contributed by atoms with Crippen LogP contribution in [0.1, 0.15) is 30.4 Å². The van der Waals surface area contributed by atoms with Crippen molar-refractivity contribution >= 4 is 0 Å². The Kier molecular flexibility index (Phi) is 2.31. The Bertz CT molecular complexity index is 337. The van der Waals surface area contributed by atoms with Gasteiger partial charge in [0.1, 0.15) is 5.82 Å². The highest BCUT2D eigenvalue weighted by Gasteiger charge is 2.39. The Labute approximate surface area is 84.1 Å². The average molecular weight is 193 g/mol. The summed E-state index contributed by atoms with van der Waals surface area (Å²) in [5.74, 6) is -0.0577. The van der Waals surface area contributed by atoms with E-state index < -0.39 is 0 Å². The fourth-order valence-corrected chi connectivity index (χ4v) is 2.24. The molecule has 1 aromatic rings. The monoisotopic (exact) mass is 193 g/mol. The SMILES string of the molecule is Cc1cccc(C2(CN)CCC2)c1F. The van der Waals surface area contributed by atoms with E-state index in [-0.39, 0.29) is 11.2 Å². The van der Waals surface area contributed by atoms with Crippen LogP contribution in [-0.2, 0) is 5.41 Å². The van der Waals surface area contributed by atoms with Gasteiger partial charge in [0.05, 0.1) is 0 Å². The molecule has 1 fully saturated rings. The van der Waals surface area contributed by atoms with Gasteiger partial charge < -0.3 is 5.73 Å². The Hall–Kier alpha value is -0.890. The highest BCUT2D eigenvalue weighted by molar-refractivity contribution is 5.34. The fourth-order valence-electron chi connectivity index (χ4n) is 2.24. The van der Waals surface area contributed by atoms with Crippen LogP contribution in [0, 0.1) is 12.7 Å². The Morgan fingerprint density at radius 3 is 2.64 bits per heavy atom. The Balaban J connectivity index is 2.45. The summed E-state index contributed by atoms with van der Waals surface area (Å²) in [5, 5.41) is 0. The second-order valence-corrected chi connectivity index (χ2v) is 4.27. The molecule has 2 N–H and O–H groups in total. The molecule has 0 heterocycles. The maximum Gasteiger partial charge on any atom is 0.129 e. The third kappa shape index (κ3) is 1.25. The predicted octanol–water partition coefficient (Wildman–Crippen LogP) is 2.51. The highest BCUT2D eigenvalue weighted by atomic mass is 19.1. The first-order valence-electron chi connectivity index (χ1n) is 5.15. The van der Waals surface area contributed by atoms with Gasteiger partial charge in [0.25, 0.3) is 0 Å². The van der Waals surface area contributed by atoms with Crippen molar-refractivity contribution in [2.75, 3.05) is 6.54 Å². The zero-order valence-corrected chi connectivity index (χ0v) is 8.52. The summed E-state index contributed by atoms with van der Waals surface area (Å²) in [5.41, 5.74) is 7.24. The number of nitrogens with two attached hydrogens (primary N) is 1. The largest absolute Gasteiger partial charge is 0.330 e. The normalized spacial score (nSPS) is 19.1. The number of aryl methyl sites for hydroxylation is 1. The fraction of sp³-hybridized carbons (Fsp3) is 0.500. The standard InChI is InChI=1S/C12H16FN/c1-9-4-2-5-10(11(9)13)12(8-14)6-3-7-12/h2,4-5H,3,6-8,14H2,1H3. The minimum atomic E-state index is -0.0594. The summed E-state index contributed by atoms with van der Waals surface area (Å²) in [6, 6.07) is 5.61. The van der Waals surface area contributed by atoms with Crippen molar-refractivity contribution in [3.05, 3.63) is 35.1 Å². The number of halogens is 1.